The van der Waals surface area contributed by atoms with Gasteiger partial charge in [-0.25, -0.2) is 9.79 Å². The molecule has 0 saturated carbocycles. The minimum Gasteiger partial charge on any atom is -0.405 e. The minimum atomic E-state index is -4.61. The summed E-state index contributed by atoms with van der Waals surface area (Å²) in [6, 6.07) is 12.4. The number of aromatic nitrogens is 2. The van der Waals surface area contributed by atoms with E-state index in [1.54, 1.807) is 12.1 Å². The summed E-state index contributed by atoms with van der Waals surface area (Å²) >= 11 is 0. The van der Waals surface area contributed by atoms with Crippen LogP contribution in [0.15, 0.2) is 75.4 Å². The number of hydrogen-bond acceptors (Lipinski definition) is 5. The zero-order valence-corrected chi connectivity index (χ0v) is 17.6. The quantitative estimate of drug-likeness (QED) is 0.612. The molecule has 7 nitrogen and oxygen atoms in total. The zero-order chi connectivity index (χ0) is 24.3. The first-order valence-corrected chi connectivity index (χ1v) is 9.56. The molecular weight excluding hydrogens is 435 g/mol. The third kappa shape index (κ3) is 4.62. The number of alkyl halides is 3. The van der Waals surface area contributed by atoms with Gasteiger partial charge in [0.2, 0.25) is 0 Å². The Morgan fingerprint density at radius 3 is 2.39 bits per heavy atom. The van der Waals surface area contributed by atoms with E-state index in [0.29, 0.717) is 11.3 Å². The second-order valence-electron chi connectivity index (χ2n) is 7.01. The molecule has 1 heterocycles. The van der Waals surface area contributed by atoms with Gasteiger partial charge < -0.3 is 5.73 Å². The molecule has 0 atom stereocenters. The number of benzene rings is 2. The van der Waals surface area contributed by atoms with Crippen molar-refractivity contribution in [3.8, 4) is 11.8 Å². The number of aliphatic imine (C=N–C) groups is 1. The van der Waals surface area contributed by atoms with E-state index >= 15 is 0 Å². The Balaban J connectivity index is 2.32. The summed E-state index contributed by atoms with van der Waals surface area (Å²) in [6.07, 6.45) is -2.11. The van der Waals surface area contributed by atoms with Gasteiger partial charge in [0.05, 0.1) is 39.8 Å². The van der Waals surface area contributed by atoms with Crippen molar-refractivity contribution in [1.82, 2.24) is 9.13 Å². The number of allylic oxidation sites excluding steroid dienone is 1. The van der Waals surface area contributed by atoms with Crippen LogP contribution in [0.25, 0.3) is 5.69 Å². The van der Waals surface area contributed by atoms with Gasteiger partial charge in [0.15, 0.2) is 0 Å². The molecule has 0 fully saturated rings. The minimum absolute atomic E-state index is 0.0134. The average Bonchev–Trinajstić information content (AvgIpc) is 2.78. The van der Waals surface area contributed by atoms with E-state index in [1.165, 1.54) is 44.3 Å². The standard InChI is InChI=1S/C23H18F3N5O2/c1-14-20(19(10-11-27)29-17-8-6-15(13-28)7-9-17)21(32)30(2)22(33)31(14)18-5-3-4-16(12-18)23(24,25)26/h3-12H,27H2,1-2H3. The number of halogens is 3. The molecule has 3 rings (SSSR count). The van der Waals surface area contributed by atoms with Crippen molar-refractivity contribution in [3.05, 3.63) is 104 Å². The maximum absolute atomic E-state index is 13.2. The number of nitriles is 1. The van der Waals surface area contributed by atoms with Gasteiger partial charge >= 0.3 is 11.9 Å². The van der Waals surface area contributed by atoms with Crippen molar-refractivity contribution in [2.75, 3.05) is 0 Å². The lowest BCUT2D eigenvalue weighted by Crippen LogP contribution is -2.42. The molecule has 33 heavy (non-hydrogen) atoms. The van der Waals surface area contributed by atoms with Crippen LogP contribution in [-0.2, 0) is 13.2 Å². The van der Waals surface area contributed by atoms with Crippen LogP contribution in [0.2, 0.25) is 0 Å². The predicted octanol–water partition coefficient (Wildman–Crippen LogP) is 3.33. The molecule has 0 aliphatic heterocycles. The monoisotopic (exact) mass is 453 g/mol. The smallest absolute Gasteiger partial charge is 0.405 e. The Hall–Kier alpha value is -4.39. The summed E-state index contributed by atoms with van der Waals surface area (Å²) in [5.41, 5.74) is 4.04. The van der Waals surface area contributed by atoms with Gasteiger partial charge in [0, 0.05) is 12.7 Å². The van der Waals surface area contributed by atoms with Crippen LogP contribution in [0.5, 0.6) is 0 Å². The van der Waals surface area contributed by atoms with Crippen LogP contribution >= 0.6 is 0 Å². The van der Waals surface area contributed by atoms with Gasteiger partial charge in [-0.3, -0.25) is 13.9 Å². The highest BCUT2D eigenvalue weighted by molar-refractivity contribution is 6.10. The fraction of sp³-hybridized carbons (Fsp3) is 0.130. The first kappa shape index (κ1) is 23.3. The van der Waals surface area contributed by atoms with E-state index in [1.807, 2.05) is 6.07 Å². The number of nitrogens with zero attached hydrogens (tertiary/aromatic N) is 4. The molecule has 0 unspecified atom stereocenters. The van der Waals surface area contributed by atoms with Crippen molar-refractivity contribution in [2.45, 2.75) is 13.1 Å². The van der Waals surface area contributed by atoms with Crippen LogP contribution in [-0.4, -0.2) is 14.8 Å². The maximum Gasteiger partial charge on any atom is 0.416 e. The molecule has 0 radical (unpaired) electrons. The van der Waals surface area contributed by atoms with Crippen LogP contribution in [0, 0.1) is 18.3 Å². The molecule has 0 aliphatic carbocycles. The van der Waals surface area contributed by atoms with E-state index < -0.39 is 23.0 Å². The summed E-state index contributed by atoms with van der Waals surface area (Å²) in [5, 5.41) is 8.95. The molecule has 10 heteroatoms. The topological polar surface area (TPSA) is 106 Å². The lowest BCUT2D eigenvalue weighted by molar-refractivity contribution is -0.137. The molecule has 0 amide bonds. The zero-order valence-electron chi connectivity index (χ0n) is 17.6. The molecule has 0 spiro atoms. The highest BCUT2D eigenvalue weighted by Gasteiger charge is 2.31. The molecule has 1 aromatic heterocycles. The Morgan fingerprint density at radius 2 is 1.82 bits per heavy atom. The van der Waals surface area contributed by atoms with E-state index in [-0.39, 0.29) is 22.7 Å². The maximum atomic E-state index is 13.2. The van der Waals surface area contributed by atoms with E-state index in [4.69, 9.17) is 11.0 Å². The molecule has 2 aromatic carbocycles. The first-order chi connectivity index (χ1) is 15.6. The Bertz CT molecular complexity index is 1420. The Labute approximate surface area is 186 Å². The fourth-order valence-electron chi connectivity index (χ4n) is 3.25. The lowest BCUT2D eigenvalue weighted by Gasteiger charge is -2.17. The third-order valence-corrected chi connectivity index (χ3v) is 4.88. The first-order valence-electron chi connectivity index (χ1n) is 9.56. The third-order valence-electron chi connectivity index (χ3n) is 4.88. The van der Waals surface area contributed by atoms with Crippen LogP contribution in [0.3, 0.4) is 0 Å². The second kappa shape index (κ2) is 9.00. The molecule has 0 aliphatic rings. The van der Waals surface area contributed by atoms with Gasteiger partial charge in [-0.15, -0.1) is 0 Å². The van der Waals surface area contributed by atoms with Crippen LogP contribution in [0.1, 0.15) is 22.4 Å². The molecule has 168 valence electrons. The van der Waals surface area contributed by atoms with E-state index in [2.05, 4.69) is 4.99 Å². The Kier molecular flexibility index (Phi) is 6.35. The molecule has 3 aromatic rings. The van der Waals surface area contributed by atoms with Crippen molar-refractivity contribution in [1.29, 1.82) is 5.26 Å². The number of hydrogen-bond donors (Lipinski definition) is 1. The van der Waals surface area contributed by atoms with Gasteiger partial charge in [-0.1, -0.05) is 6.07 Å². The van der Waals surface area contributed by atoms with Crippen LogP contribution < -0.4 is 17.0 Å². The number of nitrogens with two attached hydrogens (primary N) is 1. The fourth-order valence-corrected chi connectivity index (χ4v) is 3.25. The van der Waals surface area contributed by atoms with Crippen molar-refractivity contribution in [3.63, 3.8) is 0 Å². The van der Waals surface area contributed by atoms with Crippen molar-refractivity contribution >= 4 is 11.4 Å². The van der Waals surface area contributed by atoms with Gasteiger partial charge in [0.1, 0.15) is 0 Å². The molecular formula is C23H18F3N5O2. The summed E-state index contributed by atoms with van der Waals surface area (Å²) in [5.74, 6) is 0. The van der Waals surface area contributed by atoms with Crippen LogP contribution in [0.4, 0.5) is 18.9 Å². The highest BCUT2D eigenvalue weighted by Crippen LogP contribution is 2.30. The normalized spacial score (nSPS) is 12.2. The van der Waals surface area contributed by atoms with Gasteiger partial charge in [0.25, 0.3) is 5.56 Å². The molecule has 0 saturated heterocycles. The summed E-state index contributed by atoms with van der Waals surface area (Å²) < 4.78 is 41.5. The Morgan fingerprint density at radius 1 is 1.15 bits per heavy atom. The predicted molar refractivity (Wildman–Crippen MR) is 118 cm³/mol. The van der Waals surface area contributed by atoms with E-state index in [0.717, 1.165) is 27.5 Å². The van der Waals surface area contributed by atoms with E-state index in [9.17, 15) is 22.8 Å². The summed E-state index contributed by atoms with van der Waals surface area (Å²) in [7, 11) is 1.23. The van der Waals surface area contributed by atoms with Crippen molar-refractivity contribution in [2.24, 2.45) is 17.8 Å². The largest absolute Gasteiger partial charge is 0.416 e. The summed E-state index contributed by atoms with van der Waals surface area (Å²) in [4.78, 5) is 30.3. The second-order valence-corrected chi connectivity index (χ2v) is 7.01. The van der Waals surface area contributed by atoms with Gasteiger partial charge in [-0.2, -0.15) is 18.4 Å². The number of rotatable bonds is 4. The highest BCUT2D eigenvalue weighted by atomic mass is 19.4. The SMILES string of the molecule is Cc1c(C(C=CN)=Nc2ccc(C#N)cc2)c(=O)n(C)c(=O)n1-c1cccc(C(F)(F)F)c1. The van der Waals surface area contributed by atoms with Gasteiger partial charge in [-0.05, 0) is 61.7 Å². The molecule has 0 bridgehead atoms. The lowest BCUT2D eigenvalue weighted by atomic mass is 10.1. The molecule has 2 N–H and O–H groups in total. The average molecular weight is 453 g/mol. The van der Waals surface area contributed by atoms with Crippen molar-refractivity contribution < 1.29 is 13.2 Å². The summed E-state index contributed by atoms with van der Waals surface area (Å²) in [6.45, 7) is 1.44.